The maximum absolute atomic E-state index is 5.95. The first-order valence-corrected chi connectivity index (χ1v) is 14.5. The zero-order valence-electron chi connectivity index (χ0n) is 24.8. The van der Waals surface area contributed by atoms with Crippen LogP contribution in [0.3, 0.4) is 0 Å². The van der Waals surface area contributed by atoms with Crippen LogP contribution in [0.15, 0.2) is 58.8 Å². The van der Waals surface area contributed by atoms with Crippen molar-refractivity contribution in [1.29, 1.82) is 0 Å². The number of likely N-dealkylation sites (N-methyl/N-ethyl adjacent to an activating group) is 1. The Kier molecular flexibility index (Phi) is 13.6. The van der Waals surface area contributed by atoms with Crippen LogP contribution in [0.1, 0.15) is 46.5 Å². The van der Waals surface area contributed by atoms with E-state index in [1.54, 1.807) is 7.11 Å². The van der Waals surface area contributed by atoms with Gasteiger partial charge in [-0.1, -0.05) is 33.1 Å². The summed E-state index contributed by atoms with van der Waals surface area (Å²) in [7, 11) is 1.65. The van der Waals surface area contributed by atoms with Gasteiger partial charge in [-0.15, -0.1) is 0 Å². The molecule has 0 fully saturated rings. The summed E-state index contributed by atoms with van der Waals surface area (Å²) < 4.78 is 10.6. The third kappa shape index (κ3) is 11.2. The normalized spacial score (nSPS) is 11.9. The van der Waals surface area contributed by atoms with Gasteiger partial charge in [0.1, 0.15) is 12.4 Å². The van der Waals surface area contributed by atoms with Crippen molar-refractivity contribution in [3.8, 4) is 5.75 Å². The van der Waals surface area contributed by atoms with Crippen LogP contribution in [0.4, 0.5) is 34.9 Å². The summed E-state index contributed by atoms with van der Waals surface area (Å²) in [4.78, 5) is 15.3. The second kappa shape index (κ2) is 17.6. The number of ether oxygens (including phenoxy) is 2. The Morgan fingerprint density at radius 2 is 1.54 bits per heavy atom. The van der Waals surface area contributed by atoms with Crippen molar-refractivity contribution >= 4 is 34.9 Å². The quantitative estimate of drug-likeness (QED) is 0.111. The van der Waals surface area contributed by atoms with Crippen LogP contribution in [0, 0.1) is 5.92 Å². The minimum absolute atomic E-state index is 0.204. The number of hydrogen-bond donors (Lipinski definition) is 3. The molecule has 0 amide bonds. The molecule has 3 rings (SSSR count). The van der Waals surface area contributed by atoms with Crippen LogP contribution >= 0.6 is 0 Å². The van der Waals surface area contributed by atoms with E-state index >= 15 is 0 Å². The second-order valence-corrected chi connectivity index (χ2v) is 9.70. The Hall–Kier alpha value is -3.99. The van der Waals surface area contributed by atoms with E-state index in [4.69, 9.17) is 15.2 Å². The van der Waals surface area contributed by atoms with E-state index in [9.17, 15) is 0 Å². The molecule has 2 aromatic carbocycles. The molecule has 0 aliphatic rings. The number of anilines is 4. The summed E-state index contributed by atoms with van der Waals surface area (Å²) in [6, 6.07) is 15.5. The molecule has 3 aromatic rings. The maximum atomic E-state index is 5.95. The van der Waals surface area contributed by atoms with Crippen LogP contribution in [0.25, 0.3) is 0 Å². The Morgan fingerprint density at radius 1 is 0.878 bits per heavy atom. The van der Waals surface area contributed by atoms with E-state index in [1.165, 1.54) is 19.3 Å². The largest absolute Gasteiger partial charge is 0.491 e. The Bertz CT molecular complexity index is 1170. The van der Waals surface area contributed by atoms with E-state index < -0.39 is 0 Å². The summed E-state index contributed by atoms with van der Waals surface area (Å²) >= 11 is 0. The topological polar surface area (TPSA) is 135 Å². The average Bonchev–Trinajstić information content (AvgIpc) is 2.99. The number of nitrogens with zero attached hydrogens (tertiary/aromatic N) is 6. The fourth-order valence-corrected chi connectivity index (χ4v) is 4.20. The number of unbranched alkanes of at least 4 members (excludes halogenated alkanes) is 1. The Balaban J connectivity index is 1.49. The van der Waals surface area contributed by atoms with Gasteiger partial charge in [0.15, 0.2) is 0 Å². The van der Waals surface area contributed by atoms with Gasteiger partial charge < -0.3 is 30.7 Å². The van der Waals surface area contributed by atoms with Gasteiger partial charge in [-0.25, -0.2) is 0 Å². The van der Waals surface area contributed by atoms with Gasteiger partial charge in [0.25, 0.3) is 0 Å². The molecule has 0 bridgehead atoms. The van der Waals surface area contributed by atoms with E-state index in [0.29, 0.717) is 37.6 Å². The van der Waals surface area contributed by atoms with Gasteiger partial charge in [-0.2, -0.15) is 25.2 Å². The molecule has 1 aromatic heterocycles. The summed E-state index contributed by atoms with van der Waals surface area (Å²) in [6.07, 6.45) is 4.75. The van der Waals surface area contributed by atoms with Gasteiger partial charge in [0, 0.05) is 39.0 Å². The average molecular weight is 564 g/mol. The maximum Gasteiger partial charge on any atom is 0.229 e. The fourth-order valence-electron chi connectivity index (χ4n) is 4.20. The van der Waals surface area contributed by atoms with Crippen LogP contribution in [-0.4, -0.2) is 61.5 Å². The molecule has 0 saturated carbocycles. The van der Waals surface area contributed by atoms with Crippen molar-refractivity contribution in [3.05, 3.63) is 48.5 Å². The Labute approximate surface area is 244 Å². The SMILES string of the molecule is CCCCC(CC)CNc1nc(N)nc(NCCN(CC)c2ccc(/N=N/c3ccc(OCCOC)cc3)cc2)n1. The lowest BCUT2D eigenvalue weighted by molar-refractivity contribution is 0.146. The number of hydrogen-bond acceptors (Lipinski definition) is 11. The second-order valence-electron chi connectivity index (χ2n) is 9.70. The van der Waals surface area contributed by atoms with Gasteiger partial charge in [0.2, 0.25) is 17.8 Å². The van der Waals surface area contributed by atoms with Crippen LogP contribution in [-0.2, 0) is 4.74 Å². The van der Waals surface area contributed by atoms with Crippen molar-refractivity contribution in [1.82, 2.24) is 15.0 Å². The molecule has 0 spiro atoms. The number of nitrogens with one attached hydrogen (secondary N) is 2. The highest BCUT2D eigenvalue weighted by Gasteiger charge is 2.10. The lowest BCUT2D eigenvalue weighted by Gasteiger charge is -2.23. The Morgan fingerprint density at radius 3 is 2.15 bits per heavy atom. The molecule has 1 atom stereocenters. The highest BCUT2D eigenvalue weighted by atomic mass is 16.5. The van der Waals surface area contributed by atoms with E-state index in [2.05, 4.69) is 73.6 Å². The molecule has 0 radical (unpaired) electrons. The smallest absolute Gasteiger partial charge is 0.229 e. The summed E-state index contributed by atoms with van der Waals surface area (Å²) in [6.45, 7) is 10.7. The van der Waals surface area contributed by atoms with Gasteiger partial charge in [-0.05, 0) is 67.8 Å². The molecule has 11 nitrogen and oxygen atoms in total. The summed E-state index contributed by atoms with van der Waals surface area (Å²) in [5.74, 6) is 2.56. The molecule has 222 valence electrons. The summed E-state index contributed by atoms with van der Waals surface area (Å²) in [5, 5.41) is 15.3. The molecule has 4 N–H and O–H groups in total. The van der Waals surface area contributed by atoms with Crippen molar-refractivity contribution in [2.75, 3.05) is 67.8 Å². The van der Waals surface area contributed by atoms with Crippen molar-refractivity contribution in [2.24, 2.45) is 16.1 Å². The fraction of sp³-hybridized carbons (Fsp3) is 0.500. The minimum Gasteiger partial charge on any atom is -0.491 e. The zero-order chi connectivity index (χ0) is 29.3. The third-order valence-corrected chi connectivity index (χ3v) is 6.68. The lowest BCUT2D eigenvalue weighted by atomic mass is 9.99. The molecule has 0 saturated heterocycles. The molecular formula is C30H45N9O2. The first kappa shape index (κ1) is 31.5. The molecule has 11 heteroatoms. The van der Waals surface area contributed by atoms with Crippen LogP contribution in [0.5, 0.6) is 5.75 Å². The predicted octanol–water partition coefficient (Wildman–Crippen LogP) is 6.46. The van der Waals surface area contributed by atoms with Crippen LogP contribution < -0.4 is 26.0 Å². The summed E-state index contributed by atoms with van der Waals surface area (Å²) in [5.41, 5.74) is 8.59. The van der Waals surface area contributed by atoms with Crippen molar-refractivity contribution < 1.29 is 9.47 Å². The molecule has 41 heavy (non-hydrogen) atoms. The van der Waals surface area contributed by atoms with E-state index in [1.807, 2.05) is 36.4 Å². The predicted molar refractivity (Wildman–Crippen MR) is 167 cm³/mol. The monoisotopic (exact) mass is 563 g/mol. The zero-order valence-corrected chi connectivity index (χ0v) is 24.8. The van der Waals surface area contributed by atoms with Crippen molar-refractivity contribution in [3.63, 3.8) is 0 Å². The first-order chi connectivity index (χ1) is 20.0. The number of benzene rings is 2. The highest BCUT2D eigenvalue weighted by molar-refractivity contribution is 5.53. The molecule has 1 heterocycles. The molecule has 0 aliphatic carbocycles. The number of azo groups is 1. The molecule has 0 aliphatic heterocycles. The third-order valence-electron chi connectivity index (χ3n) is 6.68. The standard InChI is InChI=1S/C30H45N9O2/c1-5-8-9-23(6-2)22-33-30-35-28(31)34-29(36-30)32-18-19-39(7-3)26-14-10-24(11-15-26)37-38-25-12-16-27(17-13-25)41-21-20-40-4/h10-17,23H,5-9,18-22H2,1-4H3,(H4,31,32,33,34,35,36)/b38-37+. The van der Waals surface area contributed by atoms with E-state index in [-0.39, 0.29) is 5.95 Å². The van der Waals surface area contributed by atoms with Gasteiger partial charge in [-0.3, -0.25) is 0 Å². The van der Waals surface area contributed by atoms with E-state index in [0.717, 1.165) is 48.9 Å². The minimum atomic E-state index is 0.204. The van der Waals surface area contributed by atoms with Gasteiger partial charge in [0.05, 0.1) is 18.0 Å². The number of methoxy groups -OCH3 is 1. The number of rotatable bonds is 19. The molecular weight excluding hydrogens is 518 g/mol. The van der Waals surface area contributed by atoms with Gasteiger partial charge >= 0.3 is 0 Å². The lowest BCUT2D eigenvalue weighted by Crippen LogP contribution is -2.29. The first-order valence-electron chi connectivity index (χ1n) is 14.5. The molecule has 1 unspecified atom stereocenters. The highest BCUT2D eigenvalue weighted by Crippen LogP contribution is 2.24. The van der Waals surface area contributed by atoms with Crippen LogP contribution in [0.2, 0.25) is 0 Å². The number of nitrogen functional groups attached to an aromatic ring is 1. The number of aromatic nitrogens is 3. The number of nitrogens with two attached hydrogens (primary N) is 1. The van der Waals surface area contributed by atoms with Crippen molar-refractivity contribution in [2.45, 2.75) is 46.5 Å².